The van der Waals surface area contributed by atoms with Crippen molar-refractivity contribution in [3.8, 4) is 5.88 Å². The first-order valence-corrected chi connectivity index (χ1v) is 3.43. The Balaban J connectivity index is 3.34. The number of nitrogens with zero attached hydrogens (tertiary/aromatic N) is 1. The lowest BCUT2D eigenvalue weighted by molar-refractivity contribution is 0.338. The largest absolute Gasteiger partial charge is 0.290 e. The summed E-state index contributed by atoms with van der Waals surface area (Å²) in [7, 11) is 0. The molecular weight excluding hydrogens is 196 g/mol. The van der Waals surface area contributed by atoms with Crippen LogP contribution in [0.2, 0.25) is 15.1 Å². The number of hydrogen-bond acceptors (Lipinski definition) is 1. The summed E-state index contributed by atoms with van der Waals surface area (Å²) >= 11 is 16.3. The highest BCUT2D eigenvalue weighted by Gasteiger charge is 2.09. The molecule has 2 nitrogen and oxygen atoms in total. The molecule has 0 aliphatic carbocycles. The zero-order valence-corrected chi connectivity index (χ0v) is 6.83. The van der Waals surface area contributed by atoms with E-state index in [-0.39, 0.29) is 15.1 Å². The molecule has 10 heavy (non-hydrogen) atoms. The summed E-state index contributed by atoms with van der Waals surface area (Å²) in [6.45, 7) is 0. The van der Waals surface area contributed by atoms with E-state index in [2.05, 4.69) is 4.98 Å². The highest BCUT2D eigenvalue weighted by molar-refractivity contribution is 6.48. The molecule has 1 aromatic rings. The highest BCUT2D eigenvalue weighted by Crippen LogP contribution is 2.34. The van der Waals surface area contributed by atoms with E-state index in [0.29, 0.717) is 0 Å². The maximum Gasteiger partial charge on any atom is 0.290 e. The van der Waals surface area contributed by atoms with Crippen molar-refractivity contribution in [1.82, 2.24) is 4.98 Å². The second-order valence-electron chi connectivity index (χ2n) is 1.54. The number of halogens is 3. The molecule has 5 heteroatoms. The Morgan fingerprint density at radius 1 is 1.20 bits per heavy atom. The Hall–Kier alpha value is -0.180. The first-order valence-electron chi connectivity index (χ1n) is 2.29. The minimum Gasteiger partial charge on any atom is -0.266 e. The summed E-state index contributed by atoms with van der Waals surface area (Å²) < 4.78 is 0. The van der Waals surface area contributed by atoms with Crippen LogP contribution in [0.5, 0.6) is 5.88 Å². The molecule has 0 aliphatic rings. The first kappa shape index (κ1) is 7.92. The van der Waals surface area contributed by atoms with Gasteiger partial charge < -0.3 is 0 Å². The fraction of sp³-hybridized carbons (Fsp3) is 0. The van der Waals surface area contributed by atoms with Gasteiger partial charge in [0.2, 0.25) is 0 Å². The van der Waals surface area contributed by atoms with Crippen molar-refractivity contribution in [3.63, 3.8) is 0 Å². The summed E-state index contributed by atoms with van der Waals surface area (Å²) in [6, 6.07) is 0. The molecule has 1 aromatic heterocycles. The summed E-state index contributed by atoms with van der Waals surface area (Å²) in [4.78, 5) is 3.34. The van der Waals surface area contributed by atoms with Crippen molar-refractivity contribution in [1.29, 1.82) is 0 Å². The van der Waals surface area contributed by atoms with Crippen LogP contribution in [0.25, 0.3) is 0 Å². The van der Waals surface area contributed by atoms with Gasteiger partial charge >= 0.3 is 0 Å². The SMILES string of the molecule is [O]c1ncc(Cl)c(Cl)c1Cl. The fourth-order valence-corrected chi connectivity index (χ4v) is 0.899. The van der Waals surface area contributed by atoms with Gasteiger partial charge in [0.1, 0.15) is 5.02 Å². The quantitative estimate of drug-likeness (QED) is 0.629. The van der Waals surface area contributed by atoms with E-state index < -0.39 is 5.88 Å². The first-order chi connectivity index (χ1) is 4.63. The van der Waals surface area contributed by atoms with E-state index in [1.807, 2.05) is 0 Å². The zero-order valence-electron chi connectivity index (χ0n) is 4.57. The number of pyridine rings is 1. The molecule has 0 spiro atoms. The molecule has 0 aromatic carbocycles. The van der Waals surface area contributed by atoms with Crippen LogP contribution in [-0.2, 0) is 5.11 Å². The summed E-state index contributed by atoms with van der Waals surface area (Å²) in [5.74, 6) is -0.559. The van der Waals surface area contributed by atoms with Crippen LogP contribution >= 0.6 is 34.8 Å². The van der Waals surface area contributed by atoms with E-state index in [4.69, 9.17) is 34.8 Å². The normalized spacial score (nSPS) is 9.90. The van der Waals surface area contributed by atoms with E-state index >= 15 is 0 Å². The average molecular weight is 197 g/mol. The van der Waals surface area contributed by atoms with Gasteiger partial charge in [-0.25, -0.2) is 4.98 Å². The third-order valence-corrected chi connectivity index (χ3v) is 2.11. The molecule has 0 saturated carbocycles. The van der Waals surface area contributed by atoms with Gasteiger partial charge in [0, 0.05) is 0 Å². The maximum atomic E-state index is 10.6. The maximum absolute atomic E-state index is 10.6. The molecule has 0 fully saturated rings. The number of hydrogen-bond donors (Lipinski definition) is 0. The lowest BCUT2D eigenvalue weighted by Crippen LogP contribution is -1.76. The predicted octanol–water partition coefficient (Wildman–Crippen LogP) is 3.19. The summed E-state index contributed by atoms with van der Waals surface area (Å²) in [5.41, 5.74) is 0. The van der Waals surface area contributed by atoms with Gasteiger partial charge in [-0.05, 0) is 0 Å². The van der Waals surface area contributed by atoms with Crippen LogP contribution < -0.4 is 0 Å². The van der Waals surface area contributed by atoms with Gasteiger partial charge in [-0.2, -0.15) is 0 Å². The van der Waals surface area contributed by atoms with Crippen molar-refractivity contribution in [2.45, 2.75) is 0 Å². The van der Waals surface area contributed by atoms with Gasteiger partial charge in [-0.1, -0.05) is 34.8 Å². The Morgan fingerprint density at radius 3 is 2.30 bits per heavy atom. The van der Waals surface area contributed by atoms with E-state index in [1.165, 1.54) is 0 Å². The molecular formula is C5HCl3NO. The monoisotopic (exact) mass is 196 g/mol. The molecule has 0 amide bonds. The Morgan fingerprint density at radius 2 is 1.80 bits per heavy atom. The van der Waals surface area contributed by atoms with Gasteiger partial charge in [0.05, 0.1) is 16.2 Å². The van der Waals surface area contributed by atoms with E-state index in [9.17, 15) is 5.11 Å². The second kappa shape index (κ2) is 2.82. The van der Waals surface area contributed by atoms with Crippen LogP contribution in [-0.4, -0.2) is 4.98 Å². The average Bonchev–Trinajstić information content (AvgIpc) is 1.93. The molecule has 1 heterocycles. The molecule has 1 rings (SSSR count). The lowest BCUT2D eigenvalue weighted by atomic mass is 10.5. The van der Waals surface area contributed by atoms with Crippen molar-refractivity contribution in [3.05, 3.63) is 21.3 Å². The molecule has 0 aliphatic heterocycles. The van der Waals surface area contributed by atoms with Crippen LogP contribution in [0.3, 0.4) is 0 Å². The molecule has 0 atom stereocenters. The van der Waals surface area contributed by atoms with Crippen molar-refractivity contribution < 1.29 is 5.11 Å². The van der Waals surface area contributed by atoms with Gasteiger partial charge in [-0.3, -0.25) is 5.11 Å². The Labute approximate surface area is 72.4 Å². The van der Waals surface area contributed by atoms with Crippen LogP contribution in [0.15, 0.2) is 6.20 Å². The van der Waals surface area contributed by atoms with Crippen LogP contribution in [0.4, 0.5) is 0 Å². The molecule has 0 unspecified atom stereocenters. The van der Waals surface area contributed by atoms with Gasteiger partial charge in [0.15, 0.2) is 0 Å². The lowest BCUT2D eigenvalue weighted by Gasteiger charge is -1.95. The molecule has 0 N–H and O–H groups in total. The minimum atomic E-state index is -0.559. The third-order valence-electron chi connectivity index (χ3n) is 0.885. The van der Waals surface area contributed by atoms with Crippen molar-refractivity contribution in [2.75, 3.05) is 0 Å². The third kappa shape index (κ3) is 1.29. The van der Waals surface area contributed by atoms with Gasteiger partial charge in [-0.15, -0.1) is 0 Å². The predicted molar refractivity (Wildman–Crippen MR) is 39.4 cm³/mol. The number of aromatic nitrogens is 1. The van der Waals surface area contributed by atoms with E-state index in [1.54, 1.807) is 0 Å². The zero-order chi connectivity index (χ0) is 7.72. The van der Waals surface area contributed by atoms with Crippen molar-refractivity contribution in [2.24, 2.45) is 0 Å². The summed E-state index contributed by atoms with van der Waals surface area (Å²) in [6.07, 6.45) is 1.16. The minimum absolute atomic E-state index is 0.0586. The summed E-state index contributed by atoms with van der Waals surface area (Å²) in [5, 5.41) is 10.7. The molecule has 0 saturated heterocycles. The highest BCUT2D eigenvalue weighted by atomic mass is 35.5. The van der Waals surface area contributed by atoms with Crippen LogP contribution in [0.1, 0.15) is 0 Å². The number of rotatable bonds is 0. The topological polar surface area (TPSA) is 32.8 Å². The van der Waals surface area contributed by atoms with E-state index in [0.717, 1.165) is 6.20 Å². The Kier molecular flexibility index (Phi) is 2.24. The molecule has 1 radical (unpaired) electrons. The fourth-order valence-electron chi connectivity index (χ4n) is 0.427. The van der Waals surface area contributed by atoms with Gasteiger partial charge in [0.25, 0.3) is 5.88 Å². The standard InChI is InChI=1S/C5HCl3NO/c6-2-1-9-5(10)4(8)3(2)7/h1H. The second-order valence-corrected chi connectivity index (χ2v) is 2.70. The Bertz CT molecular complexity index is 236. The van der Waals surface area contributed by atoms with Crippen LogP contribution in [0, 0.1) is 0 Å². The van der Waals surface area contributed by atoms with Crippen molar-refractivity contribution >= 4 is 34.8 Å². The molecule has 53 valence electrons. The molecule has 0 bridgehead atoms. The smallest absolute Gasteiger partial charge is 0.266 e.